The molecule has 0 aliphatic heterocycles. The van der Waals surface area contributed by atoms with Gasteiger partial charge in [0.25, 0.3) is 0 Å². The zero-order valence-electron chi connectivity index (χ0n) is 10.5. The number of hydrogen-bond acceptors (Lipinski definition) is 4. The topological polar surface area (TPSA) is 85.4 Å². The van der Waals surface area contributed by atoms with Crippen LogP contribution in [0.2, 0.25) is 0 Å². The van der Waals surface area contributed by atoms with Crippen molar-refractivity contribution < 1.29 is 14.6 Å². The van der Waals surface area contributed by atoms with Crippen LogP contribution in [-0.2, 0) is 10.2 Å². The molecule has 0 aliphatic rings. The molecule has 0 fully saturated rings. The summed E-state index contributed by atoms with van der Waals surface area (Å²) in [6.07, 6.45) is 1.61. The van der Waals surface area contributed by atoms with Crippen LogP contribution in [-0.4, -0.2) is 29.2 Å². The van der Waals surface area contributed by atoms with Crippen molar-refractivity contribution in [2.45, 2.75) is 32.2 Å². The van der Waals surface area contributed by atoms with Crippen LogP contribution in [0.5, 0.6) is 5.88 Å². The Labute approximate surface area is 101 Å². The van der Waals surface area contributed by atoms with Gasteiger partial charge in [-0.15, -0.1) is 0 Å². The van der Waals surface area contributed by atoms with E-state index in [9.17, 15) is 4.79 Å². The van der Waals surface area contributed by atoms with Crippen LogP contribution in [0.1, 0.15) is 25.0 Å². The predicted molar refractivity (Wildman–Crippen MR) is 64.2 cm³/mol. The summed E-state index contributed by atoms with van der Waals surface area (Å²) in [6.45, 7) is 5.43. The van der Waals surface area contributed by atoms with Crippen LogP contribution < -0.4 is 10.5 Å². The van der Waals surface area contributed by atoms with Crippen molar-refractivity contribution in [2.75, 3.05) is 7.11 Å². The van der Waals surface area contributed by atoms with Crippen molar-refractivity contribution in [1.82, 2.24) is 4.98 Å². The highest BCUT2D eigenvalue weighted by molar-refractivity contribution is 5.75. The first-order valence-corrected chi connectivity index (χ1v) is 5.30. The maximum absolute atomic E-state index is 11.0. The van der Waals surface area contributed by atoms with Gasteiger partial charge in [0.15, 0.2) is 0 Å². The lowest BCUT2D eigenvalue weighted by Crippen LogP contribution is -2.46. The number of aromatic nitrogens is 1. The summed E-state index contributed by atoms with van der Waals surface area (Å²) >= 11 is 0. The summed E-state index contributed by atoms with van der Waals surface area (Å²) in [7, 11) is 1.54. The Hall–Kier alpha value is -1.62. The number of hydrogen-bond donors (Lipinski definition) is 2. The van der Waals surface area contributed by atoms with E-state index in [0.717, 1.165) is 11.1 Å². The van der Waals surface area contributed by atoms with Gasteiger partial charge in [0.1, 0.15) is 6.04 Å². The second-order valence-electron chi connectivity index (χ2n) is 4.59. The average Bonchev–Trinajstić information content (AvgIpc) is 2.27. The number of carbonyl (C=O) groups is 1. The number of methoxy groups -OCH3 is 1. The first kappa shape index (κ1) is 13.4. The minimum Gasteiger partial charge on any atom is -0.481 e. The maximum atomic E-state index is 11.0. The van der Waals surface area contributed by atoms with Gasteiger partial charge in [0, 0.05) is 17.2 Å². The Morgan fingerprint density at radius 2 is 2.18 bits per heavy atom. The highest BCUT2D eigenvalue weighted by Gasteiger charge is 2.34. The minimum absolute atomic E-state index is 0.536. The number of aliphatic carboxylic acids is 1. The molecular weight excluding hydrogens is 220 g/mol. The van der Waals surface area contributed by atoms with E-state index in [-0.39, 0.29) is 0 Å². The Morgan fingerprint density at radius 3 is 2.59 bits per heavy atom. The zero-order chi connectivity index (χ0) is 13.2. The third kappa shape index (κ3) is 2.55. The summed E-state index contributed by atoms with van der Waals surface area (Å²) in [5.41, 5.74) is 6.64. The third-order valence-electron chi connectivity index (χ3n) is 3.01. The number of nitrogens with two attached hydrogens (primary N) is 1. The lowest BCUT2D eigenvalue weighted by Gasteiger charge is -2.29. The fourth-order valence-corrected chi connectivity index (χ4v) is 1.62. The first-order chi connectivity index (χ1) is 7.80. The summed E-state index contributed by atoms with van der Waals surface area (Å²) in [5.74, 6) is -0.489. The molecule has 0 amide bonds. The van der Waals surface area contributed by atoms with E-state index in [1.807, 2.05) is 13.0 Å². The number of aryl methyl sites for hydroxylation is 1. The van der Waals surface area contributed by atoms with Crippen LogP contribution in [0.4, 0.5) is 0 Å². The second-order valence-corrected chi connectivity index (χ2v) is 4.59. The Bertz CT molecular complexity index is 430. The molecule has 1 atom stereocenters. The Kier molecular flexibility index (Phi) is 3.72. The van der Waals surface area contributed by atoms with E-state index in [0.29, 0.717) is 5.88 Å². The van der Waals surface area contributed by atoms with Crippen LogP contribution >= 0.6 is 0 Å². The fourth-order valence-electron chi connectivity index (χ4n) is 1.62. The molecule has 1 heterocycles. The molecule has 1 unspecified atom stereocenters. The number of carboxylic acids is 1. The molecule has 1 aromatic heterocycles. The van der Waals surface area contributed by atoms with Gasteiger partial charge in [-0.1, -0.05) is 13.8 Å². The van der Waals surface area contributed by atoms with E-state index in [1.165, 1.54) is 0 Å². The van der Waals surface area contributed by atoms with Crippen molar-refractivity contribution >= 4 is 5.97 Å². The molecule has 1 rings (SSSR count). The van der Waals surface area contributed by atoms with Crippen molar-refractivity contribution in [1.29, 1.82) is 0 Å². The molecule has 5 nitrogen and oxygen atoms in total. The Morgan fingerprint density at radius 1 is 1.59 bits per heavy atom. The van der Waals surface area contributed by atoms with Crippen LogP contribution in [0.15, 0.2) is 12.3 Å². The van der Waals surface area contributed by atoms with E-state index in [1.54, 1.807) is 27.2 Å². The standard InChI is InChI=1S/C12H18N2O3/c1-7-5-8(6-14-10(7)17-4)12(2,3)9(13)11(15)16/h5-6,9H,13H2,1-4H3,(H,15,16). The molecule has 0 saturated heterocycles. The first-order valence-electron chi connectivity index (χ1n) is 5.30. The third-order valence-corrected chi connectivity index (χ3v) is 3.01. The summed E-state index contributed by atoms with van der Waals surface area (Å²) < 4.78 is 5.06. The molecule has 0 saturated carbocycles. The van der Waals surface area contributed by atoms with Crippen molar-refractivity contribution in [3.05, 3.63) is 23.4 Å². The molecule has 17 heavy (non-hydrogen) atoms. The number of carboxylic acid groups (broad SMARTS) is 1. The van der Waals surface area contributed by atoms with Crippen molar-refractivity contribution in [3.8, 4) is 5.88 Å². The molecule has 0 radical (unpaired) electrons. The molecule has 0 aromatic carbocycles. The smallest absolute Gasteiger partial charge is 0.321 e. The summed E-state index contributed by atoms with van der Waals surface area (Å²) in [6, 6.07) is 0.881. The molecule has 0 aliphatic carbocycles. The maximum Gasteiger partial charge on any atom is 0.321 e. The zero-order valence-corrected chi connectivity index (χ0v) is 10.5. The van der Waals surface area contributed by atoms with Gasteiger partial charge in [-0.3, -0.25) is 4.79 Å². The SMILES string of the molecule is COc1ncc(C(C)(C)C(N)C(=O)O)cc1C. The molecule has 94 valence electrons. The molecule has 5 heteroatoms. The van der Waals surface area contributed by atoms with Crippen molar-refractivity contribution in [2.24, 2.45) is 5.73 Å². The van der Waals surface area contributed by atoms with Gasteiger partial charge < -0.3 is 15.6 Å². The summed E-state index contributed by atoms with van der Waals surface area (Å²) in [4.78, 5) is 15.1. The predicted octanol–water partition coefficient (Wildman–Crippen LogP) is 1.09. The average molecular weight is 238 g/mol. The number of pyridine rings is 1. The number of nitrogens with zero attached hydrogens (tertiary/aromatic N) is 1. The van der Waals surface area contributed by atoms with Gasteiger partial charge in [0.05, 0.1) is 7.11 Å². The molecule has 0 spiro atoms. The lowest BCUT2D eigenvalue weighted by molar-refractivity contribution is -0.140. The lowest BCUT2D eigenvalue weighted by atomic mass is 9.78. The highest BCUT2D eigenvalue weighted by atomic mass is 16.5. The summed E-state index contributed by atoms with van der Waals surface area (Å²) in [5, 5.41) is 8.98. The van der Waals surface area contributed by atoms with Crippen LogP contribution in [0.3, 0.4) is 0 Å². The van der Waals surface area contributed by atoms with Crippen molar-refractivity contribution in [3.63, 3.8) is 0 Å². The van der Waals surface area contributed by atoms with E-state index < -0.39 is 17.4 Å². The van der Waals surface area contributed by atoms with E-state index in [2.05, 4.69) is 4.98 Å². The monoisotopic (exact) mass is 238 g/mol. The fraction of sp³-hybridized carbons (Fsp3) is 0.500. The minimum atomic E-state index is -1.02. The number of ether oxygens (including phenoxy) is 1. The molecule has 3 N–H and O–H groups in total. The van der Waals surface area contributed by atoms with E-state index >= 15 is 0 Å². The Balaban J connectivity index is 3.15. The van der Waals surface area contributed by atoms with Crippen LogP contribution in [0, 0.1) is 6.92 Å². The number of rotatable bonds is 4. The molecule has 0 bridgehead atoms. The highest BCUT2D eigenvalue weighted by Crippen LogP contribution is 2.28. The normalized spacial score (nSPS) is 13.2. The molecule has 1 aromatic rings. The molecular formula is C12H18N2O3. The van der Waals surface area contributed by atoms with Gasteiger partial charge >= 0.3 is 5.97 Å². The van der Waals surface area contributed by atoms with Gasteiger partial charge in [-0.05, 0) is 18.6 Å². The van der Waals surface area contributed by atoms with Gasteiger partial charge in [-0.2, -0.15) is 0 Å². The van der Waals surface area contributed by atoms with E-state index in [4.69, 9.17) is 15.6 Å². The van der Waals surface area contributed by atoms with Gasteiger partial charge in [0.2, 0.25) is 5.88 Å². The second kappa shape index (κ2) is 4.71. The quantitative estimate of drug-likeness (QED) is 0.820. The van der Waals surface area contributed by atoms with Crippen LogP contribution in [0.25, 0.3) is 0 Å². The van der Waals surface area contributed by atoms with Gasteiger partial charge in [-0.25, -0.2) is 4.98 Å². The largest absolute Gasteiger partial charge is 0.481 e.